The summed E-state index contributed by atoms with van der Waals surface area (Å²) < 4.78 is 32.2. The van der Waals surface area contributed by atoms with Gasteiger partial charge in [0.05, 0.1) is 6.07 Å². The Morgan fingerprint density at radius 2 is 1.30 bits per heavy atom. The molecule has 2 fully saturated rings. The molecule has 0 spiro atoms. The molecule has 1 unspecified atom stereocenters. The molecular formula is C33H46F2N2. The van der Waals surface area contributed by atoms with Gasteiger partial charge in [0, 0.05) is 25.6 Å². The molecule has 2 aromatic rings. The standard InChI is InChI=1S/C31H43F2N.C2H3N/c1-24(2)34(23-18-26-12-5-4-6-13-26)25(3)16-17-27-28(30(32)19-7-8-20-30)14-11-15-29(27)31(33)21-9-10-22-31;1-2-3/h4-6,11-15,24-25H,7-10,16-23H2,1-3H3;1H3. The van der Waals surface area contributed by atoms with Gasteiger partial charge in [0.1, 0.15) is 11.3 Å². The van der Waals surface area contributed by atoms with E-state index in [1.165, 1.54) is 12.5 Å². The van der Waals surface area contributed by atoms with E-state index in [2.05, 4.69) is 56.0 Å². The first-order valence-electron chi connectivity index (χ1n) is 14.4. The van der Waals surface area contributed by atoms with Crippen LogP contribution in [0.4, 0.5) is 8.78 Å². The molecule has 0 saturated heterocycles. The Hall–Kier alpha value is -2.25. The zero-order valence-corrected chi connectivity index (χ0v) is 23.4. The second-order valence-corrected chi connectivity index (χ2v) is 11.4. The maximum Gasteiger partial charge on any atom is 0.136 e. The van der Waals surface area contributed by atoms with E-state index < -0.39 is 11.3 Å². The number of alkyl halides is 2. The van der Waals surface area contributed by atoms with Gasteiger partial charge in [-0.05, 0) is 114 Å². The average Bonchev–Trinajstić information content (AvgIpc) is 3.53. The Labute approximate surface area is 224 Å². The summed E-state index contributed by atoms with van der Waals surface area (Å²) in [6, 6.07) is 19.0. The monoisotopic (exact) mass is 508 g/mol. The number of halogens is 2. The molecule has 0 heterocycles. The molecule has 1 atom stereocenters. The smallest absolute Gasteiger partial charge is 0.136 e. The highest BCUT2D eigenvalue weighted by molar-refractivity contribution is 5.43. The fourth-order valence-electron chi connectivity index (χ4n) is 6.51. The number of benzene rings is 2. The van der Waals surface area contributed by atoms with E-state index in [9.17, 15) is 0 Å². The van der Waals surface area contributed by atoms with Gasteiger partial charge in [-0.25, -0.2) is 8.78 Å². The van der Waals surface area contributed by atoms with Crippen molar-refractivity contribution in [2.45, 2.75) is 122 Å². The van der Waals surface area contributed by atoms with Crippen molar-refractivity contribution < 1.29 is 8.78 Å². The predicted octanol–water partition coefficient (Wildman–Crippen LogP) is 8.97. The molecule has 2 aliphatic rings. The molecule has 202 valence electrons. The third-order valence-corrected chi connectivity index (χ3v) is 8.48. The van der Waals surface area contributed by atoms with Crippen LogP contribution in [0.15, 0.2) is 48.5 Å². The highest BCUT2D eigenvalue weighted by Crippen LogP contribution is 2.49. The minimum absolute atomic E-state index is 0.350. The topological polar surface area (TPSA) is 27.0 Å². The van der Waals surface area contributed by atoms with Crippen molar-refractivity contribution >= 4 is 0 Å². The van der Waals surface area contributed by atoms with Crippen molar-refractivity contribution in [3.63, 3.8) is 0 Å². The predicted molar refractivity (Wildman–Crippen MR) is 150 cm³/mol. The normalized spacial score (nSPS) is 18.9. The maximum absolute atomic E-state index is 16.1. The summed E-state index contributed by atoms with van der Waals surface area (Å²) in [4.78, 5) is 2.55. The summed E-state index contributed by atoms with van der Waals surface area (Å²) in [5, 5.41) is 7.32. The quantitative estimate of drug-likeness (QED) is 0.320. The third-order valence-electron chi connectivity index (χ3n) is 8.48. The van der Waals surface area contributed by atoms with Crippen LogP contribution in [-0.4, -0.2) is 23.5 Å². The Morgan fingerprint density at radius 1 is 0.811 bits per heavy atom. The van der Waals surface area contributed by atoms with E-state index in [0.29, 0.717) is 37.8 Å². The Morgan fingerprint density at radius 3 is 1.76 bits per heavy atom. The van der Waals surface area contributed by atoms with E-state index in [-0.39, 0.29) is 0 Å². The number of nitrogens with zero attached hydrogens (tertiary/aromatic N) is 2. The maximum atomic E-state index is 16.1. The van der Waals surface area contributed by atoms with Gasteiger partial charge in [-0.2, -0.15) is 5.26 Å². The Bertz CT molecular complexity index is 958. The van der Waals surface area contributed by atoms with Crippen molar-refractivity contribution in [1.29, 1.82) is 5.26 Å². The zero-order valence-electron chi connectivity index (χ0n) is 23.4. The molecule has 0 aromatic heterocycles. The molecule has 0 N–H and O–H groups in total. The van der Waals surface area contributed by atoms with Crippen LogP contribution >= 0.6 is 0 Å². The molecule has 37 heavy (non-hydrogen) atoms. The molecule has 2 nitrogen and oxygen atoms in total. The molecule has 2 saturated carbocycles. The molecule has 2 aliphatic carbocycles. The van der Waals surface area contributed by atoms with Gasteiger partial charge in [-0.15, -0.1) is 0 Å². The lowest BCUT2D eigenvalue weighted by molar-refractivity contribution is 0.152. The lowest BCUT2D eigenvalue weighted by Crippen LogP contribution is -2.40. The van der Waals surface area contributed by atoms with Crippen LogP contribution in [0.1, 0.15) is 108 Å². The molecule has 0 amide bonds. The van der Waals surface area contributed by atoms with Crippen LogP contribution in [0.2, 0.25) is 0 Å². The van der Waals surface area contributed by atoms with Crippen molar-refractivity contribution in [3.05, 3.63) is 70.8 Å². The van der Waals surface area contributed by atoms with E-state index in [1.807, 2.05) is 18.2 Å². The van der Waals surface area contributed by atoms with Crippen molar-refractivity contribution in [3.8, 4) is 6.07 Å². The van der Waals surface area contributed by atoms with E-state index in [4.69, 9.17) is 5.26 Å². The first-order valence-corrected chi connectivity index (χ1v) is 14.4. The van der Waals surface area contributed by atoms with Crippen LogP contribution in [0.25, 0.3) is 0 Å². The third kappa shape index (κ3) is 7.41. The van der Waals surface area contributed by atoms with Crippen LogP contribution in [-0.2, 0) is 24.2 Å². The largest absolute Gasteiger partial charge is 0.298 e. The molecule has 0 bridgehead atoms. The average molecular weight is 509 g/mol. The summed E-state index contributed by atoms with van der Waals surface area (Å²) in [5.41, 5.74) is 1.35. The molecule has 4 heteroatoms. The van der Waals surface area contributed by atoms with Gasteiger partial charge >= 0.3 is 0 Å². The lowest BCUT2D eigenvalue weighted by Gasteiger charge is -2.34. The van der Waals surface area contributed by atoms with Crippen molar-refractivity contribution in [1.82, 2.24) is 4.90 Å². The van der Waals surface area contributed by atoms with Gasteiger partial charge < -0.3 is 0 Å². The molecule has 2 aromatic carbocycles. The van der Waals surface area contributed by atoms with Crippen molar-refractivity contribution in [2.24, 2.45) is 0 Å². The van der Waals surface area contributed by atoms with Crippen molar-refractivity contribution in [2.75, 3.05) is 6.54 Å². The molecule has 0 aliphatic heterocycles. The van der Waals surface area contributed by atoms with Gasteiger partial charge in [0.25, 0.3) is 0 Å². The number of hydrogen-bond donors (Lipinski definition) is 0. The van der Waals surface area contributed by atoms with Gasteiger partial charge in [-0.3, -0.25) is 4.90 Å². The van der Waals surface area contributed by atoms with E-state index in [1.54, 1.807) is 6.07 Å². The lowest BCUT2D eigenvalue weighted by atomic mass is 9.80. The van der Waals surface area contributed by atoms with Crippen LogP contribution in [0.3, 0.4) is 0 Å². The SMILES string of the molecule is CC#N.CC(C)N(CCc1ccccc1)C(C)CCc1c(C2(F)CCCC2)cccc1C1(F)CCCC1. The van der Waals surface area contributed by atoms with Gasteiger partial charge in [0.15, 0.2) is 0 Å². The zero-order chi connectivity index (χ0) is 26.9. The number of nitriles is 1. The Balaban J connectivity index is 0.00000121. The van der Waals surface area contributed by atoms with Gasteiger partial charge in [0.2, 0.25) is 0 Å². The summed E-state index contributed by atoms with van der Waals surface area (Å²) >= 11 is 0. The molecular weight excluding hydrogens is 462 g/mol. The summed E-state index contributed by atoms with van der Waals surface area (Å²) in [5.74, 6) is 0. The fraction of sp³-hybridized carbons (Fsp3) is 0.606. The van der Waals surface area contributed by atoms with Crippen LogP contribution in [0.5, 0.6) is 0 Å². The molecule has 0 radical (unpaired) electrons. The Kier molecular flexibility index (Phi) is 10.7. The van der Waals surface area contributed by atoms with E-state index >= 15 is 8.78 Å². The van der Waals surface area contributed by atoms with Crippen LogP contribution in [0, 0.1) is 11.3 Å². The fourth-order valence-corrected chi connectivity index (χ4v) is 6.51. The second kappa shape index (κ2) is 13.5. The summed E-state index contributed by atoms with van der Waals surface area (Å²) in [7, 11) is 0. The number of rotatable bonds is 10. The van der Waals surface area contributed by atoms with Gasteiger partial charge in [-0.1, -0.05) is 48.5 Å². The van der Waals surface area contributed by atoms with Crippen LogP contribution < -0.4 is 0 Å². The summed E-state index contributed by atoms with van der Waals surface area (Å²) in [6.45, 7) is 9.22. The van der Waals surface area contributed by atoms with E-state index in [0.717, 1.165) is 68.2 Å². The minimum atomic E-state index is -1.28. The minimum Gasteiger partial charge on any atom is -0.298 e. The highest BCUT2D eigenvalue weighted by Gasteiger charge is 2.42. The second-order valence-electron chi connectivity index (χ2n) is 11.4. The first-order chi connectivity index (χ1) is 17.7. The number of hydrogen-bond acceptors (Lipinski definition) is 2. The first kappa shape index (κ1) is 29.3. The molecule has 4 rings (SSSR count). The summed E-state index contributed by atoms with van der Waals surface area (Å²) in [6.07, 6.45) is 8.71. The highest BCUT2D eigenvalue weighted by atomic mass is 19.1.